The molecule has 0 radical (unpaired) electrons. The summed E-state index contributed by atoms with van der Waals surface area (Å²) in [4.78, 5) is 20.8. The van der Waals surface area contributed by atoms with Gasteiger partial charge in [0.25, 0.3) is 0 Å². The van der Waals surface area contributed by atoms with Crippen molar-refractivity contribution in [1.29, 1.82) is 5.41 Å². The highest BCUT2D eigenvalue weighted by atomic mass is 16.2. The second kappa shape index (κ2) is 3.55. The van der Waals surface area contributed by atoms with Gasteiger partial charge in [0.2, 0.25) is 11.8 Å². The Morgan fingerprint density at radius 2 is 1.73 bits per heavy atom. The first kappa shape index (κ1) is 9.41. The predicted octanol–water partition coefficient (Wildman–Crippen LogP) is -2.10. The molecule has 1 unspecified atom stereocenters. The largest absolute Gasteiger partial charge is 0.387 e. The molecule has 2 amide bonds. The van der Waals surface area contributed by atoms with Crippen molar-refractivity contribution < 1.29 is 9.59 Å². The molecular weight excluding hydrogens is 148 g/mol. The number of hydrogen-bond donors (Lipinski definition) is 4. The Balaban J connectivity index is 4.23. The lowest BCUT2D eigenvalue weighted by atomic mass is 10.0. The third-order valence-electron chi connectivity index (χ3n) is 1.12. The lowest BCUT2D eigenvalue weighted by Crippen LogP contribution is -2.37. The normalized spacial score (nSPS) is 12.0. The summed E-state index contributed by atoms with van der Waals surface area (Å²) in [6, 6.07) is 0. The number of amides is 2. The van der Waals surface area contributed by atoms with Crippen LogP contribution < -0.4 is 17.2 Å². The molecule has 0 heterocycles. The molecular formula is C5H10N4O2. The molecule has 6 heteroatoms. The molecule has 6 nitrogen and oxygen atoms in total. The van der Waals surface area contributed by atoms with Gasteiger partial charge in [-0.25, -0.2) is 0 Å². The number of primary amides is 2. The van der Waals surface area contributed by atoms with Crippen LogP contribution in [0.1, 0.15) is 6.42 Å². The van der Waals surface area contributed by atoms with Gasteiger partial charge in [-0.2, -0.15) is 0 Å². The van der Waals surface area contributed by atoms with Crippen LogP contribution >= 0.6 is 0 Å². The second-order valence-corrected chi connectivity index (χ2v) is 2.08. The minimum atomic E-state index is -1.06. The Hall–Kier alpha value is -1.59. The molecule has 0 aliphatic rings. The third-order valence-corrected chi connectivity index (χ3v) is 1.12. The number of carbonyl (C=O) groups is 2. The van der Waals surface area contributed by atoms with Gasteiger partial charge < -0.3 is 17.2 Å². The van der Waals surface area contributed by atoms with Gasteiger partial charge in [-0.15, -0.1) is 0 Å². The summed E-state index contributed by atoms with van der Waals surface area (Å²) in [6.07, 6.45) is -0.301. The summed E-state index contributed by atoms with van der Waals surface area (Å²) in [5, 5.41) is 6.84. The van der Waals surface area contributed by atoms with E-state index in [1.807, 2.05) is 0 Å². The Bertz CT molecular complexity index is 187. The first-order chi connectivity index (χ1) is 4.95. The average Bonchev–Trinajstić information content (AvgIpc) is 1.81. The molecule has 0 saturated heterocycles. The predicted molar refractivity (Wildman–Crippen MR) is 38.4 cm³/mol. The van der Waals surface area contributed by atoms with Gasteiger partial charge in [-0.3, -0.25) is 15.0 Å². The minimum absolute atomic E-state index is 0.301. The van der Waals surface area contributed by atoms with E-state index in [-0.39, 0.29) is 6.42 Å². The lowest BCUT2D eigenvalue weighted by Gasteiger charge is -2.07. The molecule has 0 spiro atoms. The fraction of sp³-hybridized carbons (Fsp3) is 0.400. The molecule has 62 valence electrons. The molecule has 1 atom stereocenters. The number of hydrogen-bond acceptors (Lipinski definition) is 3. The molecule has 7 N–H and O–H groups in total. The van der Waals surface area contributed by atoms with E-state index in [4.69, 9.17) is 22.6 Å². The smallest absolute Gasteiger partial charge is 0.228 e. The van der Waals surface area contributed by atoms with E-state index in [0.717, 1.165) is 0 Å². The van der Waals surface area contributed by atoms with Crippen LogP contribution in [0.25, 0.3) is 0 Å². The Morgan fingerprint density at radius 1 is 1.27 bits per heavy atom. The van der Waals surface area contributed by atoms with Gasteiger partial charge in [0.05, 0.1) is 0 Å². The molecule has 0 aromatic carbocycles. The molecule has 0 aliphatic carbocycles. The summed E-state index contributed by atoms with van der Waals surface area (Å²) in [6.45, 7) is 0. The van der Waals surface area contributed by atoms with Crippen molar-refractivity contribution in [3.05, 3.63) is 0 Å². The van der Waals surface area contributed by atoms with E-state index < -0.39 is 23.6 Å². The molecule has 0 fully saturated rings. The molecule has 0 saturated carbocycles. The van der Waals surface area contributed by atoms with Crippen LogP contribution in [0.3, 0.4) is 0 Å². The quantitative estimate of drug-likeness (QED) is 0.275. The molecule has 0 aromatic rings. The Kier molecular flexibility index (Phi) is 3.03. The van der Waals surface area contributed by atoms with Crippen LogP contribution in [-0.2, 0) is 9.59 Å². The van der Waals surface area contributed by atoms with Crippen LogP contribution in [-0.4, -0.2) is 17.6 Å². The number of carbonyl (C=O) groups excluding carboxylic acids is 2. The monoisotopic (exact) mass is 158 g/mol. The van der Waals surface area contributed by atoms with Crippen molar-refractivity contribution >= 4 is 17.6 Å². The maximum absolute atomic E-state index is 10.5. The van der Waals surface area contributed by atoms with E-state index >= 15 is 0 Å². The fourth-order valence-electron chi connectivity index (χ4n) is 0.565. The maximum Gasteiger partial charge on any atom is 0.228 e. The third kappa shape index (κ3) is 3.19. The molecule has 0 aromatic heterocycles. The molecule has 11 heavy (non-hydrogen) atoms. The minimum Gasteiger partial charge on any atom is -0.387 e. The second-order valence-electron chi connectivity index (χ2n) is 2.08. The summed E-state index contributed by atoms with van der Waals surface area (Å²) in [7, 11) is 0. The zero-order chi connectivity index (χ0) is 9.02. The number of nitrogens with two attached hydrogens (primary N) is 3. The first-order valence-electron chi connectivity index (χ1n) is 2.86. The van der Waals surface area contributed by atoms with Crippen molar-refractivity contribution in [2.45, 2.75) is 6.42 Å². The van der Waals surface area contributed by atoms with Crippen molar-refractivity contribution in [2.75, 3.05) is 0 Å². The number of rotatable bonds is 4. The topological polar surface area (TPSA) is 136 Å². The highest BCUT2D eigenvalue weighted by Gasteiger charge is 2.20. The summed E-state index contributed by atoms with van der Waals surface area (Å²) < 4.78 is 0. The highest BCUT2D eigenvalue weighted by molar-refractivity contribution is 6.02. The van der Waals surface area contributed by atoms with E-state index in [1.54, 1.807) is 0 Å². The SMILES string of the molecule is N=C(N)C(CC(N)=O)C(N)=O. The van der Waals surface area contributed by atoms with Crippen LogP contribution in [0.2, 0.25) is 0 Å². The van der Waals surface area contributed by atoms with E-state index in [0.29, 0.717) is 0 Å². The Morgan fingerprint density at radius 3 is 1.82 bits per heavy atom. The van der Waals surface area contributed by atoms with E-state index in [2.05, 4.69) is 0 Å². The van der Waals surface area contributed by atoms with Gasteiger partial charge in [0.15, 0.2) is 0 Å². The van der Waals surface area contributed by atoms with Gasteiger partial charge in [-0.1, -0.05) is 0 Å². The van der Waals surface area contributed by atoms with Crippen molar-refractivity contribution in [3.8, 4) is 0 Å². The van der Waals surface area contributed by atoms with Gasteiger partial charge in [0.1, 0.15) is 11.8 Å². The van der Waals surface area contributed by atoms with Crippen molar-refractivity contribution in [1.82, 2.24) is 0 Å². The van der Waals surface area contributed by atoms with Crippen LogP contribution in [0.4, 0.5) is 0 Å². The Labute approximate surface area is 63.2 Å². The maximum atomic E-state index is 10.5. The van der Waals surface area contributed by atoms with Crippen LogP contribution in [0, 0.1) is 11.3 Å². The zero-order valence-electron chi connectivity index (χ0n) is 5.83. The van der Waals surface area contributed by atoms with Gasteiger partial charge in [-0.05, 0) is 0 Å². The standard InChI is InChI=1S/C5H10N4O2/c6-3(10)1-2(4(7)8)5(9)11/h2H,1H2,(H2,6,10)(H3,7,8)(H2,9,11). The first-order valence-corrected chi connectivity index (χ1v) is 2.86. The van der Waals surface area contributed by atoms with Crippen LogP contribution in [0.15, 0.2) is 0 Å². The van der Waals surface area contributed by atoms with Crippen molar-refractivity contribution in [2.24, 2.45) is 23.1 Å². The summed E-state index contributed by atoms with van der Waals surface area (Å²) in [5.41, 5.74) is 14.5. The lowest BCUT2D eigenvalue weighted by molar-refractivity contribution is -0.125. The van der Waals surface area contributed by atoms with Crippen molar-refractivity contribution in [3.63, 3.8) is 0 Å². The van der Waals surface area contributed by atoms with Crippen LogP contribution in [0.5, 0.6) is 0 Å². The molecule has 0 aliphatic heterocycles. The van der Waals surface area contributed by atoms with Gasteiger partial charge in [0, 0.05) is 6.42 Å². The molecule has 0 rings (SSSR count). The van der Waals surface area contributed by atoms with Gasteiger partial charge >= 0.3 is 0 Å². The fourth-order valence-corrected chi connectivity index (χ4v) is 0.565. The number of nitrogens with one attached hydrogen (secondary N) is 1. The van der Waals surface area contributed by atoms with E-state index in [9.17, 15) is 9.59 Å². The highest BCUT2D eigenvalue weighted by Crippen LogP contribution is 1.99. The molecule has 0 bridgehead atoms. The van der Waals surface area contributed by atoms with E-state index in [1.165, 1.54) is 0 Å². The summed E-state index contributed by atoms with van der Waals surface area (Å²) in [5.74, 6) is -3.01. The average molecular weight is 158 g/mol. The zero-order valence-corrected chi connectivity index (χ0v) is 5.83. The summed E-state index contributed by atoms with van der Waals surface area (Å²) >= 11 is 0. The number of amidine groups is 1.